The highest BCUT2D eigenvalue weighted by molar-refractivity contribution is 6.05. The highest BCUT2D eigenvalue weighted by atomic mass is 16.2. The number of hydrogen-bond acceptors (Lipinski definition) is 2. The van der Waals surface area contributed by atoms with Crippen LogP contribution in [0.25, 0.3) is 11.0 Å². The summed E-state index contributed by atoms with van der Waals surface area (Å²) in [4.78, 5) is 19.3. The average Bonchev–Trinajstić information content (AvgIpc) is 3.17. The Labute approximate surface area is 135 Å². The standard InChI is InChI=1S/C19H19N3O/c1-21-12-20-16-9-5-8-15(18(16)21)19(23)22(2)17-11-10-13-6-3-4-7-14(13)17/h3-9,12,17H,10-11H2,1-2H3. The summed E-state index contributed by atoms with van der Waals surface area (Å²) >= 11 is 0. The molecule has 0 spiro atoms. The summed E-state index contributed by atoms with van der Waals surface area (Å²) in [6.07, 6.45) is 3.78. The Balaban J connectivity index is 1.73. The smallest absolute Gasteiger partial charge is 0.256 e. The number of carbonyl (C=O) groups excluding carboxylic acids is 1. The van der Waals surface area contributed by atoms with Crippen molar-refractivity contribution in [3.63, 3.8) is 0 Å². The predicted molar refractivity (Wildman–Crippen MR) is 90.3 cm³/mol. The van der Waals surface area contributed by atoms with Gasteiger partial charge in [-0.2, -0.15) is 0 Å². The number of amides is 1. The first-order valence-corrected chi connectivity index (χ1v) is 7.92. The number of rotatable bonds is 2. The van der Waals surface area contributed by atoms with E-state index in [2.05, 4.69) is 29.2 Å². The number of benzene rings is 2. The van der Waals surface area contributed by atoms with Gasteiger partial charge in [-0.15, -0.1) is 0 Å². The monoisotopic (exact) mass is 305 g/mol. The number of fused-ring (bicyclic) bond motifs is 2. The normalized spacial score (nSPS) is 16.5. The van der Waals surface area contributed by atoms with E-state index in [9.17, 15) is 4.79 Å². The Bertz CT molecular complexity index is 897. The Morgan fingerprint density at radius 2 is 2.04 bits per heavy atom. The molecule has 0 bridgehead atoms. The summed E-state index contributed by atoms with van der Waals surface area (Å²) < 4.78 is 1.92. The number of nitrogens with zero attached hydrogens (tertiary/aromatic N) is 3. The van der Waals surface area contributed by atoms with Crippen LogP contribution in [0.4, 0.5) is 0 Å². The molecule has 1 unspecified atom stereocenters. The molecule has 4 rings (SSSR count). The highest BCUT2D eigenvalue weighted by Gasteiger charge is 2.29. The number of hydrogen-bond donors (Lipinski definition) is 0. The molecule has 0 radical (unpaired) electrons. The maximum absolute atomic E-state index is 13.1. The van der Waals surface area contributed by atoms with Crippen molar-refractivity contribution in [3.8, 4) is 0 Å². The van der Waals surface area contributed by atoms with Gasteiger partial charge in [0.25, 0.3) is 5.91 Å². The number of para-hydroxylation sites is 1. The highest BCUT2D eigenvalue weighted by Crippen LogP contribution is 2.35. The van der Waals surface area contributed by atoms with Gasteiger partial charge in [0.2, 0.25) is 0 Å². The fraction of sp³-hybridized carbons (Fsp3) is 0.263. The fourth-order valence-corrected chi connectivity index (χ4v) is 3.65. The van der Waals surface area contributed by atoms with Crippen molar-refractivity contribution >= 4 is 16.9 Å². The average molecular weight is 305 g/mol. The molecule has 116 valence electrons. The molecule has 1 aliphatic carbocycles. The first kappa shape index (κ1) is 14.0. The van der Waals surface area contributed by atoms with E-state index in [1.165, 1.54) is 11.1 Å². The van der Waals surface area contributed by atoms with Crippen molar-refractivity contribution in [2.24, 2.45) is 7.05 Å². The number of aromatic nitrogens is 2. The maximum atomic E-state index is 13.1. The van der Waals surface area contributed by atoms with Crippen molar-refractivity contribution in [2.75, 3.05) is 7.05 Å². The van der Waals surface area contributed by atoms with Crippen LogP contribution in [0.2, 0.25) is 0 Å². The predicted octanol–water partition coefficient (Wildman–Crippen LogP) is 3.33. The van der Waals surface area contributed by atoms with Crippen LogP contribution in [-0.4, -0.2) is 27.4 Å². The van der Waals surface area contributed by atoms with Crippen molar-refractivity contribution < 1.29 is 4.79 Å². The lowest BCUT2D eigenvalue weighted by atomic mass is 10.1. The zero-order valence-electron chi connectivity index (χ0n) is 13.4. The van der Waals surface area contributed by atoms with E-state index in [4.69, 9.17) is 0 Å². The lowest BCUT2D eigenvalue weighted by Gasteiger charge is -2.26. The first-order valence-electron chi connectivity index (χ1n) is 7.92. The molecule has 0 aliphatic heterocycles. The maximum Gasteiger partial charge on any atom is 0.256 e. The van der Waals surface area contributed by atoms with Crippen LogP contribution >= 0.6 is 0 Å². The van der Waals surface area contributed by atoms with E-state index < -0.39 is 0 Å². The van der Waals surface area contributed by atoms with Crippen LogP contribution in [0, 0.1) is 0 Å². The molecule has 4 heteroatoms. The molecular formula is C19H19N3O. The van der Waals surface area contributed by atoms with Crippen LogP contribution in [0.1, 0.15) is 33.9 Å². The van der Waals surface area contributed by atoms with E-state index in [1.807, 2.05) is 41.8 Å². The lowest BCUT2D eigenvalue weighted by molar-refractivity contribution is 0.0732. The van der Waals surface area contributed by atoms with E-state index in [1.54, 1.807) is 6.33 Å². The lowest BCUT2D eigenvalue weighted by Crippen LogP contribution is -2.30. The zero-order chi connectivity index (χ0) is 16.0. The summed E-state index contributed by atoms with van der Waals surface area (Å²) in [6, 6.07) is 14.3. The van der Waals surface area contributed by atoms with Gasteiger partial charge in [-0.25, -0.2) is 4.98 Å². The molecule has 1 aromatic heterocycles. The molecule has 4 nitrogen and oxygen atoms in total. The quantitative estimate of drug-likeness (QED) is 0.728. The molecule has 0 N–H and O–H groups in total. The third kappa shape index (κ3) is 2.13. The van der Waals surface area contributed by atoms with Crippen LogP contribution in [0.3, 0.4) is 0 Å². The van der Waals surface area contributed by atoms with Gasteiger partial charge in [0.1, 0.15) is 0 Å². The zero-order valence-corrected chi connectivity index (χ0v) is 13.4. The Hall–Kier alpha value is -2.62. The third-order valence-corrected chi connectivity index (χ3v) is 4.86. The SMILES string of the molecule is CN(C(=O)c1cccc2ncn(C)c12)C1CCc2ccccc21. The van der Waals surface area contributed by atoms with Crippen molar-refractivity contribution in [2.45, 2.75) is 18.9 Å². The minimum absolute atomic E-state index is 0.0564. The van der Waals surface area contributed by atoms with E-state index in [-0.39, 0.29) is 11.9 Å². The van der Waals surface area contributed by atoms with Crippen molar-refractivity contribution in [1.29, 1.82) is 0 Å². The third-order valence-electron chi connectivity index (χ3n) is 4.86. The second-order valence-corrected chi connectivity index (χ2v) is 6.20. The molecule has 3 aromatic rings. The van der Waals surface area contributed by atoms with Gasteiger partial charge in [-0.05, 0) is 36.1 Å². The van der Waals surface area contributed by atoms with Gasteiger partial charge in [-0.1, -0.05) is 30.3 Å². The molecule has 1 amide bonds. The minimum Gasteiger partial charge on any atom is -0.335 e. The van der Waals surface area contributed by atoms with Crippen LogP contribution in [-0.2, 0) is 13.5 Å². The largest absolute Gasteiger partial charge is 0.335 e. The molecule has 0 saturated carbocycles. The summed E-state index contributed by atoms with van der Waals surface area (Å²) in [6.45, 7) is 0. The van der Waals surface area contributed by atoms with Gasteiger partial charge in [0.05, 0.1) is 29.0 Å². The molecule has 1 heterocycles. The second-order valence-electron chi connectivity index (χ2n) is 6.20. The molecule has 1 aliphatic rings. The summed E-state index contributed by atoms with van der Waals surface area (Å²) in [5.74, 6) is 0.0564. The summed E-state index contributed by atoms with van der Waals surface area (Å²) in [5, 5.41) is 0. The van der Waals surface area contributed by atoms with Gasteiger partial charge in [0.15, 0.2) is 0 Å². The van der Waals surface area contributed by atoms with E-state index in [0.29, 0.717) is 0 Å². The van der Waals surface area contributed by atoms with Gasteiger partial charge in [-0.3, -0.25) is 4.79 Å². The summed E-state index contributed by atoms with van der Waals surface area (Å²) in [5.41, 5.74) is 5.11. The molecule has 0 saturated heterocycles. The topological polar surface area (TPSA) is 38.1 Å². The fourth-order valence-electron chi connectivity index (χ4n) is 3.65. The molecule has 23 heavy (non-hydrogen) atoms. The van der Waals surface area contributed by atoms with Crippen molar-refractivity contribution in [1.82, 2.24) is 14.5 Å². The number of imidazole rings is 1. The number of carbonyl (C=O) groups is 1. The summed E-state index contributed by atoms with van der Waals surface area (Å²) in [7, 11) is 3.83. The van der Waals surface area contributed by atoms with E-state index >= 15 is 0 Å². The number of aryl methyl sites for hydroxylation is 2. The van der Waals surface area contributed by atoms with Crippen molar-refractivity contribution in [3.05, 3.63) is 65.5 Å². The Kier molecular flexibility index (Phi) is 3.18. The van der Waals surface area contributed by atoms with Crippen LogP contribution < -0.4 is 0 Å². The molecule has 1 atom stereocenters. The Morgan fingerprint density at radius 1 is 1.22 bits per heavy atom. The van der Waals surface area contributed by atoms with Crippen LogP contribution in [0.5, 0.6) is 0 Å². The van der Waals surface area contributed by atoms with Gasteiger partial charge >= 0.3 is 0 Å². The minimum atomic E-state index is 0.0564. The molecular weight excluding hydrogens is 286 g/mol. The molecule has 2 aromatic carbocycles. The second kappa shape index (κ2) is 5.23. The van der Waals surface area contributed by atoms with Gasteiger partial charge in [0, 0.05) is 14.1 Å². The van der Waals surface area contributed by atoms with Crippen LogP contribution in [0.15, 0.2) is 48.8 Å². The molecule has 0 fully saturated rings. The first-order chi connectivity index (χ1) is 11.2. The van der Waals surface area contributed by atoms with E-state index in [0.717, 1.165) is 29.4 Å². The van der Waals surface area contributed by atoms with Gasteiger partial charge < -0.3 is 9.47 Å². The Morgan fingerprint density at radius 3 is 2.91 bits per heavy atom.